The van der Waals surface area contributed by atoms with E-state index in [0.29, 0.717) is 56.6 Å². The molecule has 2 fully saturated rings. The molecular weight excluding hydrogens is 697 g/mol. The highest BCUT2D eigenvalue weighted by molar-refractivity contribution is 7.92. The van der Waals surface area contributed by atoms with Crippen LogP contribution in [0.2, 0.25) is 5.02 Å². The Morgan fingerprint density at radius 1 is 1.20 bits per heavy atom. The summed E-state index contributed by atoms with van der Waals surface area (Å²) in [4.78, 5) is 29.2. The fourth-order valence-electron chi connectivity index (χ4n) is 8.37. The number of methoxy groups -OCH3 is 1. The van der Waals surface area contributed by atoms with Crippen LogP contribution in [0.1, 0.15) is 66.4 Å². The van der Waals surface area contributed by atoms with E-state index in [-0.39, 0.29) is 29.4 Å². The lowest BCUT2D eigenvalue weighted by atomic mass is 9.68. The van der Waals surface area contributed by atoms with Gasteiger partial charge in [0.2, 0.25) is 0 Å². The SMILES string of the molecule is CO[C@H]1/C=C/CCC[S@@](=O)(NC(=O)CO[C@H]2CCOC[C@H]2F)=NC(=O)c2ccc3c(c2)N(C[C@@H]2CC[C@H]21)C[C@@]1(CCCc2cc(Cl)ccc21)CO3. The van der Waals surface area contributed by atoms with Gasteiger partial charge >= 0.3 is 0 Å². The number of nitrogens with zero attached hydrogens (tertiary/aromatic N) is 2. The molecule has 7 rings (SSSR count). The number of fused-ring (bicyclic) bond motifs is 4. The summed E-state index contributed by atoms with van der Waals surface area (Å²) in [5, 5.41) is 0.726. The van der Waals surface area contributed by atoms with Gasteiger partial charge in [0.05, 0.1) is 36.9 Å². The number of benzene rings is 2. The maximum Gasteiger partial charge on any atom is 0.286 e. The Labute approximate surface area is 304 Å². The second-order valence-electron chi connectivity index (χ2n) is 14.6. The normalized spacial score (nSPS) is 33.0. The fourth-order valence-corrected chi connectivity index (χ4v) is 10.2. The maximum absolute atomic E-state index is 14.2. The lowest BCUT2D eigenvalue weighted by molar-refractivity contribution is -0.132. The molecule has 1 saturated carbocycles. The third kappa shape index (κ3) is 8.00. The first-order valence-electron chi connectivity index (χ1n) is 18.1. The van der Waals surface area contributed by atoms with Gasteiger partial charge in [0.15, 0.2) is 0 Å². The average Bonchev–Trinajstić information content (AvgIpc) is 3.25. The molecule has 10 nitrogen and oxygen atoms in total. The summed E-state index contributed by atoms with van der Waals surface area (Å²) in [7, 11) is -1.81. The maximum atomic E-state index is 14.2. The molecule has 1 spiro atoms. The van der Waals surface area contributed by atoms with Gasteiger partial charge in [0.1, 0.15) is 28.4 Å². The van der Waals surface area contributed by atoms with Crippen LogP contribution in [0.4, 0.5) is 10.1 Å². The lowest BCUT2D eigenvalue weighted by Gasteiger charge is -2.46. The largest absolute Gasteiger partial charge is 0.490 e. The molecule has 2 amide bonds. The van der Waals surface area contributed by atoms with Crippen molar-refractivity contribution < 1.29 is 37.1 Å². The van der Waals surface area contributed by atoms with Gasteiger partial charge in [0, 0.05) is 42.8 Å². The van der Waals surface area contributed by atoms with E-state index in [1.807, 2.05) is 12.1 Å². The number of hydrogen-bond acceptors (Lipinski definition) is 8. The van der Waals surface area contributed by atoms with Crippen molar-refractivity contribution >= 4 is 39.0 Å². The molecule has 13 heteroatoms. The van der Waals surface area contributed by atoms with E-state index in [0.717, 1.165) is 49.4 Å². The molecule has 2 aromatic rings. The number of halogens is 2. The van der Waals surface area contributed by atoms with Gasteiger partial charge in [-0.3, -0.25) is 14.3 Å². The Kier molecular flexibility index (Phi) is 11.1. The first-order chi connectivity index (χ1) is 24.6. The van der Waals surface area contributed by atoms with Gasteiger partial charge in [-0.05, 0) is 105 Å². The Hall–Kier alpha value is -3.03. The number of ether oxygens (including phenoxy) is 4. The minimum Gasteiger partial charge on any atom is -0.490 e. The molecule has 0 unspecified atom stereocenters. The number of alkyl halides is 1. The predicted molar refractivity (Wildman–Crippen MR) is 194 cm³/mol. The molecule has 3 aliphatic heterocycles. The molecule has 1 N–H and O–H groups in total. The summed E-state index contributed by atoms with van der Waals surface area (Å²) >= 11 is 6.44. The van der Waals surface area contributed by atoms with E-state index in [1.165, 1.54) is 11.1 Å². The van der Waals surface area contributed by atoms with Crippen LogP contribution in [0.15, 0.2) is 52.9 Å². The first kappa shape index (κ1) is 36.3. The van der Waals surface area contributed by atoms with Crippen LogP contribution in [-0.4, -0.2) is 86.8 Å². The van der Waals surface area contributed by atoms with Crippen LogP contribution in [-0.2, 0) is 40.8 Å². The summed E-state index contributed by atoms with van der Waals surface area (Å²) in [6.45, 7) is 1.66. The molecular formula is C38H47ClFN3O7S. The van der Waals surface area contributed by atoms with E-state index in [9.17, 15) is 18.2 Å². The second-order valence-corrected chi connectivity index (χ2v) is 17.1. The molecule has 2 aliphatic carbocycles. The van der Waals surface area contributed by atoms with Gasteiger partial charge in [-0.1, -0.05) is 29.8 Å². The van der Waals surface area contributed by atoms with Gasteiger partial charge in [-0.25, -0.2) is 8.60 Å². The number of nitrogens with one attached hydrogen (secondary N) is 1. The average molecular weight is 744 g/mol. The second kappa shape index (κ2) is 15.5. The van der Waals surface area contributed by atoms with Crippen LogP contribution in [0.25, 0.3) is 0 Å². The van der Waals surface area contributed by atoms with E-state index in [1.54, 1.807) is 25.3 Å². The Morgan fingerprint density at radius 3 is 2.88 bits per heavy atom. The Morgan fingerprint density at radius 2 is 2.08 bits per heavy atom. The molecule has 7 atom stereocenters. The van der Waals surface area contributed by atoms with Gasteiger partial charge in [0.25, 0.3) is 11.8 Å². The summed E-state index contributed by atoms with van der Waals surface area (Å²) in [6.07, 6.45) is 8.21. The van der Waals surface area contributed by atoms with E-state index < -0.39 is 40.6 Å². The van der Waals surface area contributed by atoms with Crippen molar-refractivity contribution in [3.05, 3.63) is 70.3 Å². The van der Waals surface area contributed by atoms with Crippen molar-refractivity contribution in [2.45, 2.75) is 75.2 Å². The third-order valence-corrected chi connectivity index (χ3v) is 13.3. The molecule has 0 aromatic heterocycles. The van der Waals surface area contributed by atoms with Gasteiger partial charge in [-0.2, -0.15) is 0 Å². The summed E-state index contributed by atoms with van der Waals surface area (Å²) in [6, 6.07) is 11.4. The van der Waals surface area contributed by atoms with Crippen LogP contribution >= 0.6 is 11.6 Å². The number of rotatable bonds is 5. The van der Waals surface area contributed by atoms with Gasteiger partial charge < -0.3 is 23.8 Å². The number of aryl methyl sites for hydroxylation is 1. The number of carbonyl (C=O) groups excluding carboxylic acids is 2. The van der Waals surface area contributed by atoms with Gasteiger partial charge in [-0.15, -0.1) is 4.36 Å². The topological polar surface area (TPSA) is 116 Å². The smallest absolute Gasteiger partial charge is 0.286 e. The molecule has 276 valence electrons. The zero-order chi connectivity index (χ0) is 35.6. The van der Waals surface area contributed by atoms with E-state index >= 15 is 0 Å². The monoisotopic (exact) mass is 743 g/mol. The molecule has 51 heavy (non-hydrogen) atoms. The molecule has 2 bridgehead atoms. The lowest BCUT2D eigenvalue weighted by Crippen LogP contribution is -2.49. The molecule has 5 aliphatic rings. The first-order valence-corrected chi connectivity index (χ1v) is 20.1. The Bertz CT molecular complexity index is 1780. The fraction of sp³-hybridized carbons (Fsp3) is 0.579. The van der Waals surface area contributed by atoms with Crippen LogP contribution in [0.3, 0.4) is 0 Å². The predicted octanol–water partition coefficient (Wildman–Crippen LogP) is 5.99. The number of carbonyl (C=O) groups is 2. The number of anilines is 1. The summed E-state index contributed by atoms with van der Waals surface area (Å²) in [5.41, 5.74) is 3.27. The number of hydrogen-bond donors (Lipinski definition) is 1. The minimum atomic E-state index is -3.55. The molecule has 0 radical (unpaired) electrons. The standard InChI is InChI=1S/C38H47ClFN3O7S/c1-47-33-7-3-2-4-17-51(46,41-36(44)22-49-34-14-16-48-21-31(34)40)42-37(45)26-9-13-35-32(19-26)43(20-27-8-11-29(27)33)23-38(24-50-35)15-5-6-25-18-28(39)10-12-30(25)38/h3,7,9-10,12-13,18-19,27,29,31,33-34H,2,4-6,8,11,14-17,20-24H2,1H3,(H,41,42,44,45,46)/b7-3+/t27-,29+,31+,33-,34-,38-,51+/m0/s1. The molecule has 1 saturated heterocycles. The van der Waals surface area contributed by atoms with E-state index in [2.05, 4.69) is 32.2 Å². The van der Waals surface area contributed by atoms with Crippen molar-refractivity contribution in [2.75, 3.05) is 57.3 Å². The van der Waals surface area contributed by atoms with Crippen molar-refractivity contribution in [3.8, 4) is 5.75 Å². The Balaban J connectivity index is 1.22. The zero-order valence-electron chi connectivity index (χ0n) is 29.0. The van der Waals surface area contributed by atoms with Crippen molar-refractivity contribution in [3.63, 3.8) is 0 Å². The van der Waals surface area contributed by atoms with Crippen molar-refractivity contribution in [1.82, 2.24) is 4.72 Å². The van der Waals surface area contributed by atoms with Crippen LogP contribution in [0.5, 0.6) is 5.75 Å². The third-order valence-electron chi connectivity index (χ3n) is 11.2. The number of amides is 2. The summed E-state index contributed by atoms with van der Waals surface area (Å²) in [5.74, 6) is -0.0988. The minimum absolute atomic E-state index is 0.0480. The number of allylic oxidation sites excluding steroid dienone is 1. The molecule has 2 aromatic carbocycles. The van der Waals surface area contributed by atoms with Crippen LogP contribution < -0.4 is 14.4 Å². The highest BCUT2D eigenvalue weighted by Gasteiger charge is 2.44. The van der Waals surface area contributed by atoms with Crippen molar-refractivity contribution in [1.29, 1.82) is 0 Å². The van der Waals surface area contributed by atoms with Crippen LogP contribution in [0, 0.1) is 11.8 Å². The molecule has 3 heterocycles. The van der Waals surface area contributed by atoms with Crippen molar-refractivity contribution in [2.24, 2.45) is 16.2 Å². The quantitative estimate of drug-likeness (QED) is 0.372. The highest BCUT2D eigenvalue weighted by Crippen LogP contribution is 2.47. The highest BCUT2D eigenvalue weighted by atomic mass is 35.5. The van der Waals surface area contributed by atoms with E-state index in [4.69, 9.17) is 30.5 Å². The summed E-state index contributed by atoms with van der Waals surface area (Å²) < 4.78 is 58.3. The zero-order valence-corrected chi connectivity index (χ0v) is 30.6.